The van der Waals surface area contributed by atoms with Gasteiger partial charge in [0, 0.05) is 5.54 Å². The van der Waals surface area contributed by atoms with Crippen molar-refractivity contribution in [1.82, 2.24) is 9.55 Å². The fraction of sp³-hybridized carbons (Fsp3) is 0.562. The minimum atomic E-state index is 0.0672. The van der Waals surface area contributed by atoms with Crippen molar-refractivity contribution < 1.29 is 0 Å². The highest BCUT2D eigenvalue weighted by Crippen LogP contribution is 2.32. The van der Waals surface area contributed by atoms with E-state index in [0.717, 1.165) is 5.82 Å². The number of fused-ring (bicyclic) bond motifs is 1. The highest BCUT2D eigenvalue weighted by Gasteiger charge is 2.23. The lowest BCUT2D eigenvalue weighted by molar-refractivity contribution is 0.399. The standard InChI is InChI=1S/C16H24N2/c1-9-10(2)12(4)15-14(11(9)3)17-13(5)18(15)16(6,7)8/h1-8H3. The van der Waals surface area contributed by atoms with E-state index < -0.39 is 0 Å². The highest BCUT2D eigenvalue weighted by molar-refractivity contribution is 5.85. The number of aromatic nitrogens is 2. The summed E-state index contributed by atoms with van der Waals surface area (Å²) in [7, 11) is 0. The fourth-order valence-electron chi connectivity index (χ4n) is 2.88. The van der Waals surface area contributed by atoms with Gasteiger partial charge in [0.2, 0.25) is 0 Å². The zero-order valence-corrected chi connectivity index (χ0v) is 12.9. The molecule has 1 aromatic carbocycles. The van der Waals surface area contributed by atoms with Gasteiger partial charge in [0.05, 0.1) is 11.0 Å². The second-order valence-corrected chi connectivity index (χ2v) is 6.36. The van der Waals surface area contributed by atoms with Gasteiger partial charge >= 0.3 is 0 Å². The average Bonchev–Trinajstić information content (AvgIpc) is 2.61. The van der Waals surface area contributed by atoms with Crippen LogP contribution in [0.5, 0.6) is 0 Å². The molecule has 0 aliphatic carbocycles. The van der Waals surface area contributed by atoms with E-state index in [4.69, 9.17) is 4.98 Å². The molecule has 98 valence electrons. The molecule has 2 heteroatoms. The molecule has 2 nitrogen and oxygen atoms in total. The van der Waals surface area contributed by atoms with Crippen molar-refractivity contribution in [3.63, 3.8) is 0 Å². The van der Waals surface area contributed by atoms with Crippen LogP contribution in [-0.2, 0) is 5.54 Å². The second-order valence-electron chi connectivity index (χ2n) is 6.36. The van der Waals surface area contributed by atoms with Crippen molar-refractivity contribution >= 4 is 11.0 Å². The van der Waals surface area contributed by atoms with Crippen LogP contribution in [0.15, 0.2) is 0 Å². The van der Waals surface area contributed by atoms with E-state index in [2.05, 4.69) is 60.0 Å². The summed E-state index contributed by atoms with van der Waals surface area (Å²) < 4.78 is 2.37. The van der Waals surface area contributed by atoms with E-state index in [0.29, 0.717) is 0 Å². The Balaban J connectivity index is 3.04. The van der Waals surface area contributed by atoms with E-state index in [1.165, 1.54) is 33.3 Å². The number of aryl methyl sites for hydroxylation is 3. The van der Waals surface area contributed by atoms with Gasteiger partial charge in [-0.3, -0.25) is 0 Å². The Labute approximate surface area is 110 Å². The van der Waals surface area contributed by atoms with Gasteiger partial charge in [-0.25, -0.2) is 4.98 Å². The van der Waals surface area contributed by atoms with Crippen molar-refractivity contribution in [3.8, 4) is 0 Å². The van der Waals surface area contributed by atoms with E-state index in [1.807, 2.05) is 0 Å². The Hall–Kier alpha value is -1.31. The molecular weight excluding hydrogens is 220 g/mol. The van der Waals surface area contributed by atoms with Crippen molar-refractivity contribution in [2.24, 2.45) is 0 Å². The van der Waals surface area contributed by atoms with Crippen LogP contribution in [0, 0.1) is 34.6 Å². The zero-order chi connectivity index (χ0) is 13.8. The molecule has 0 aliphatic heterocycles. The molecule has 0 aliphatic rings. The van der Waals surface area contributed by atoms with Gasteiger partial charge in [0.25, 0.3) is 0 Å². The molecule has 2 aromatic rings. The minimum absolute atomic E-state index is 0.0672. The summed E-state index contributed by atoms with van der Waals surface area (Å²) in [6.07, 6.45) is 0. The summed E-state index contributed by atoms with van der Waals surface area (Å²) in [5.41, 5.74) is 7.99. The third kappa shape index (κ3) is 1.66. The summed E-state index contributed by atoms with van der Waals surface area (Å²) in [5.74, 6) is 1.11. The minimum Gasteiger partial charge on any atom is -0.323 e. The van der Waals surface area contributed by atoms with E-state index >= 15 is 0 Å². The first kappa shape index (κ1) is 13.1. The van der Waals surface area contributed by atoms with Gasteiger partial charge in [-0.1, -0.05) is 0 Å². The molecule has 2 rings (SSSR count). The SMILES string of the molecule is Cc1c(C)c(C)c2c(nc(C)n2C(C)(C)C)c1C. The number of hydrogen-bond donors (Lipinski definition) is 0. The first-order valence-electron chi connectivity index (χ1n) is 6.62. The molecule has 0 spiro atoms. The van der Waals surface area contributed by atoms with Gasteiger partial charge in [0.15, 0.2) is 0 Å². The van der Waals surface area contributed by atoms with Gasteiger partial charge in [-0.15, -0.1) is 0 Å². The van der Waals surface area contributed by atoms with Gasteiger partial charge in [-0.2, -0.15) is 0 Å². The van der Waals surface area contributed by atoms with E-state index in [9.17, 15) is 0 Å². The van der Waals surface area contributed by atoms with Crippen LogP contribution in [0.3, 0.4) is 0 Å². The fourth-order valence-corrected chi connectivity index (χ4v) is 2.88. The smallest absolute Gasteiger partial charge is 0.107 e. The predicted molar refractivity (Wildman–Crippen MR) is 78.4 cm³/mol. The normalized spacial score (nSPS) is 12.4. The number of benzene rings is 1. The topological polar surface area (TPSA) is 17.8 Å². The Morgan fingerprint density at radius 1 is 0.778 bits per heavy atom. The summed E-state index contributed by atoms with van der Waals surface area (Å²) in [6.45, 7) is 17.6. The molecule has 1 aromatic heterocycles. The average molecular weight is 244 g/mol. The Morgan fingerprint density at radius 2 is 1.28 bits per heavy atom. The van der Waals surface area contributed by atoms with Crippen LogP contribution in [0.4, 0.5) is 0 Å². The lowest BCUT2D eigenvalue weighted by atomic mass is 9.96. The molecule has 0 saturated heterocycles. The first-order valence-corrected chi connectivity index (χ1v) is 6.62. The maximum atomic E-state index is 4.80. The first-order chi connectivity index (χ1) is 8.16. The van der Waals surface area contributed by atoms with Crippen molar-refractivity contribution in [2.45, 2.75) is 60.9 Å². The number of nitrogens with zero attached hydrogens (tertiary/aromatic N) is 2. The molecule has 18 heavy (non-hydrogen) atoms. The monoisotopic (exact) mass is 244 g/mol. The van der Waals surface area contributed by atoms with Crippen LogP contribution >= 0.6 is 0 Å². The Kier molecular flexibility index (Phi) is 2.80. The molecule has 0 amide bonds. The van der Waals surface area contributed by atoms with Crippen LogP contribution in [0.25, 0.3) is 11.0 Å². The van der Waals surface area contributed by atoms with Gasteiger partial charge < -0.3 is 4.57 Å². The molecular formula is C16H24N2. The van der Waals surface area contributed by atoms with Crippen molar-refractivity contribution in [3.05, 3.63) is 28.1 Å². The lowest BCUT2D eigenvalue weighted by Crippen LogP contribution is -2.23. The molecule has 0 N–H and O–H groups in total. The molecule has 0 fully saturated rings. The van der Waals surface area contributed by atoms with Crippen LogP contribution in [0.1, 0.15) is 48.8 Å². The summed E-state index contributed by atoms with van der Waals surface area (Å²) in [4.78, 5) is 4.80. The zero-order valence-electron chi connectivity index (χ0n) is 12.9. The van der Waals surface area contributed by atoms with Gasteiger partial charge in [-0.05, 0) is 77.6 Å². The highest BCUT2D eigenvalue weighted by atomic mass is 15.1. The van der Waals surface area contributed by atoms with Crippen molar-refractivity contribution in [2.75, 3.05) is 0 Å². The third-order valence-corrected chi connectivity index (χ3v) is 4.11. The quantitative estimate of drug-likeness (QED) is 0.674. The molecule has 1 heterocycles. The van der Waals surface area contributed by atoms with Crippen LogP contribution < -0.4 is 0 Å². The largest absolute Gasteiger partial charge is 0.323 e. The summed E-state index contributed by atoms with van der Waals surface area (Å²) in [5, 5.41) is 0. The molecule has 0 unspecified atom stereocenters. The maximum Gasteiger partial charge on any atom is 0.107 e. The lowest BCUT2D eigenvalue weighted by Gasteiger charge is -2.25. The second kappa shape index (κ2) is 3.84. The van der Waals surface area contributed by atoms with Crippen molar-refractivity contribution in [1.29, 1.82) is 0 Å². The Bertz CT molecular complexity index is 625. The van der Waals surface area contributed by atoms with E-state index in [1.54, 1.807) is 0 Å². The summed E-state index contributed by atoms with van der Waals surface area (Å²) >= 11 is 0. The molecule has 0 radical (unpaired) electrons. The van der Waals surface area contributed by atoms with E-state index in [-0.39, 0.29) is 5.54 Å². The van der Waals surface area contributed by atoms with Gasteiger partial charge in [0.1, 0.15) is 5.82 Å². The number of imidazole rings is 1. The molecule has 0 bridgehead atoms. The predicted octanol–water partition coefficient (Wildman–Crippen LogP) is 4.33. The van der Waals surface area contributed by atoms with Crippen LogP contribution in [-0.4, -0.2) is 9.55 Å². The Morgan fingerprint density at radius 3 is 1.78 bits per heavy atom. The summed E-state index contributed by atoms with van der Waals surface area (Å²) in [6, 6.07) is 0. The maximum absolute atomic E-state index is 4.80. The molecule has 0 atom stereocenters. The number of hydrogen-bond acceptors (Lipinski definition) is 1. The van der Waals surface area contributed by atoms with Crippen LogP contribution in [0.2, 0.25) is 0 Å². The third-order valence-electron chi connectivity index (χ3n) is 4.11. The number of rotatable bonds is 0. The molecule has 0 saturated carbocycles.